The molecule has 18 heavy (non-hydrogen) atoms. The maximum atomic E-state index is 9.02. The highest BCUT2D eigenvalue weighted by molar-refractivity contribution is 6.32. The quantitative estimate of drug-likeness (QED) is 0.553. The van der Waals surface area contributed by atoms with Gasteiger partial charge in [-0.05, 0) is 30.7 Å². The second kappa shape index (κ2) is 6.02. The van der Waals surface area contributed by atoms with Crippen LogP contribution in [-0.2, 0) is 0 Å². The number of anilines is 1. The van der Waals surface area contributed by atoms with Gasteiger partial charge in [0.15, 0.2) is 0 Å². The van der Waals surface area contributed by atoms with Crippen LogP contribution >= 0.6 is 11.6 Å². The van der Waals surface area contributed by atoms with Gasteiger partial charge < -0.3 is 21.1 Å². The molecule has 0 fully saturated rings. The molecule has 2 aromatic carbocycles. The van der Waals surface area contributed by atoms with E-state index < -0.39 is 0 Å². The fraction of sp³-hybridized carbons (Fsp3) is 0.0769. The molecule has 0 saturated heterocycles. The number of hydrogen-bond donors (Lipinski definition) is 4. The monoisotopic (exact) mass is 267 g/mol. The van der Waals surface area contributed by atoms with Crippen molar-refractivity contribution < 1.29 is 15.3 Å². The van der Waals surface area contributed by atoms with E-state index in [1.165, 1.54) is 24.3 Å². The van der Waals surface area contributed by atoms with Gasteiger partial charge in [-0.25, -0.2) is 0 Å². The Bertz CT molecular complexity index is 494. The van der Waals surface area contributed by atoms with Crippen molar-refractivity contribution >= 4 is 17.3 Å². The highest BCUT2D eigenvalue weighted by Crippen LogP contribution is 2.26. The maximum absolute atomic E-state index is 9.02. The first-order valence-electron chi connectivity index (χ1n) is 5.12. The summed E-state index contributed by atoms with van der Waals surface area (Å²) in [4.78, 5) is 0. The Morgan fingerprint density at radius 1 is 0.944 bits per heavy atom. The third-order valence-electron chi connectivity index (χ3n) is 2.16. The van der Waals surface area contributed by atoms with Crippen LogP contribution in [-0.4, -0.2) is 15.3 Å². The topological polar surface area (TPSA) is 86.7 Å². The fourth-order valence-electron chi connectivity index (χ4n) is 1.13. The average molecular weight is 268 g/mol. The Morgan fingerprint density at radius 2 is 1.61 bits per heavy atom. The average Bonchev–Trinajstić information content (AvgIpc) is 2.30. The number of phenolic OH excluding ortho intramolecular Hbond substituents is 3. The van der Waals surface area contributed by atoms with Gasteiger partial charge >= 0.3 is 0 Å². The van der Waals surface area contributed by atoms with Crippen LogP contribution in [0.4, 0.5) is 5.69 Å². The molecule has 5 N–H and O–H groups in total. The molecule has 0 aromatic heterocycles. The van der Waals surface area contributed by atoms with Crippen molar-refractivity contribution in [2.75, 3.05) is 5.73 Å². The van der Waals surface area contributed by atoms with Crippen LogP contribution in [0.15, 0.2) is 36.4 Å². The zero-order chi connectivity index (χ0) is 13.7. The summed E-state index contributed by atoms with van der Waals surface area (Å²) < 4.78 is 0. The molecule has 0 heterocycles. The lowest BCUT2D eigenvalue weighted by atomic mass is 10.2. The normalized spacial score (nSPS) is 9.44. The number of nitrogen functional groups attached to an aromatic ring is 1. The van der Waals surface area contributed by atoms with Crippen LogP contribution < -0.4 is 5.73 Å². The summed E-state index contributed by atoms with van der Waals surface area (Å²) in [6.45, 7) is 1.83. The molecule has 96 valence electrons. The van der Waals surface area contributed by atoms with Crippen LogP contribution in [0.3, 0.4) is 0 Å². The van der Waals surface area contributed by atoms with Crippen molar-refractivity contribution in [1.82, 2.24) is 0 Å². The van der Waals surface area contributed by atoms with E-state index in [2.05, 4.69) is 0 Å². The predicted molar refractivity (Wildman–Crippen MR) is 72.0 cm³/mol. The van der Waals surface area contributed by atoms with Crippen LogP contribution in [0.1, 0.15) is 5.56 Å². The highest BCUT2D eigenvalue weighted by atomic mass is 35.5. The number of hydrogen-bond acceptors (Lipinski definition) is 4. The molecule has 0 spiro atoms. The summed E-state index contributed by atoms with van der Waals surface area (Å²) in [5.41, 5.74) is 6.81. The lowest BCUT2D eigenvalue weighted by Crippen LogP contribution is -1.83. The largest absolute Gasteiger partial charge is 0.508 e. The molecular weight excluding hydrogens is 254 g/mol. The molecular formula is C13H14ClNO3. The SMILES string of the molecule is Cc1ccc(N)cc1O.Oc1ccc(Cl)c(O)c1. The van der Waals surface area contributed by atoms with E-state index in [4.69, 9.17) is 32.7 Å². The van der Waals surface area contributed by atoms with Crippen molar-refractivity contribution in [3.05, 3.63) is 47.0 Å². The summed E-state index contributed by atoms with van der Waals surface area (Å²) in [5, 5.41) is 26.8. The van der Waals surface area contributed by atoms with E-state index in [9.17, 15) is 0 Å². The molecule has 4 nitrogen and oxygen atoms in total. The molecule has 0 bridgehead atoms. The van der Waals surface area contributed by atoms with Crippen molar-refractivity contribution in [2.45, 2.75) is 6.92 Å². The van der Waals surface area contributed by atoms with E-state index in [0.717, 1.165) is 5.56 Å². The minimum absolute atomic E-state index is 0.0110. The third-order valence-corrected chi connectivity index (χ3v) is 2.48. The Hall–Kier alpha value is -2.07. The molecule has 0 saturated carbocycles. The highest BCUT2D eigenvalue weighted by Gasteiger charge is 1.96. The first-order chi connectivity index (χ1) is 8.40. The molecule has 0 aliphatic rings. The maximum Gasteiger partial charge on any atom is 0.137 e. The van der Waals surface area contributed by atoms with E-state index in [-0.39, 0.29) is 22.3 Å². The molecule has 0 radical (unpaired) electrons. The van der Waals surface area contributed by atoms with E-state index >= 15 is 0 Å². The molecule has 2 aromatic rings. The second-order valence-corrected chi connectivity index (χ2v) is 4.09. The number of phenols is 3. The number of nitrogens with two attached hydrogens (primary N) is 1. The van der Waals surface area contributed by atoms with Gasteiger partial charge in [0.05, 0.1) is 5.02 Å². The zero-order valence-electron chi connectivity index (χ0n) is 9.76. The van der Waals surface area contributed by atoms with Crippen molar-refractivity contribution in [2.24, 2.45) is 0 Å². The summed E-state index contributed by atoms with van der Waals surface area (Å²) >= 11 is 5.42. The minimum Gasteiger partial charge on any atom is -0.508 e. The van der Waals surface area contributed by atoms with Gasteiger partial charge in [0.2, 0.25) is 0 Å². The fourth-order valence-corrected chi connectivity index (χ4v) is 1.25. The van der Waals surface area contributed by atoms with Gasteiger partial charge in [-0.15, -0.1) is 0 Å². The van der Waals surface area contributed by atoms with Gasteiger partial charge in [-0.3, -0.25) is 0 Å². The molecule has 2 rings (SSSR count). The molecule has 0 atom stereocenters. The number of benzene rings is 2. The van der Waals surface area contributed by atoms with Crippen LogP contribution in [0.25, 0.3) is 0 Å². The third kappa shape index (κ3) is 4.07. The Balaban J connectivity index is 0.000000180. The first-order valence-corrected chi connectivity index (χ1v) is 5.50. The Kier molecular flexibility index (Phi) is 4.68. The standard InChI is InChI=1S/C7H9NO.C6H5ClO2/c1-5-2-3-6(8)4-7(5)9;7-5-2-1-4(8)3-6(5)9/h2-4,9H,8H2,1H3;1-3,8-9H. The molecule has 0 aliphatic heterocycles. The van der Waals surface area contributed by atoms with Gasteiger partial charge in [0.25, 0.3) is 0 Å². The van der Waals surface area contributed by atoms with Crippen LogP contribution in [0.2, 0.25) is 5.02 Å². The van der Waals surface area contributed by atoms with E-state index in [1.807, 2.05) is 6.92 Å². The number of rotatable bonds is 0. The summed E-state index contributed by atoms with van der Waals surface area (Å²) in [5.74, 6) is 0.170. The lowest BCUT2D eigenvalue weighted by molar-refractivity contribution is 0.451. The summed E-state index contributed by atoms with van der Waals surface area (Å²) in [7, 11) is 0. The van der Waals surface area contributed by atoms with Crippen molar-refractivity contribution in [1.29, 1.82) is 0 Å². The van der Waals surface area contributed by atoms with Gasteiger partial charge in [-0.2, -0.15) is 0 Å². The van der Waals surface area contributed by atoms with Crippen molar-refractivity contribution in [3.63, 3.8) is 0 Å². The number of halogens is 1. The molecule has 5 heteroatoms. The number of aryl methyl sites for hydroxylation is 1. The summed E-state index contributed by atoms with van der Waals surface area (Å²) in [6, 6.07) is 9.09. The van der Waals surface area contributed by atoms with Crippen LogP contribution in [0.5, 0.6) is 17.2 Å². The summed E-state index contributed by atoms with van der Waals surface area (Å²) in [6.07, 6.45) is 0. The molecule has 0 amide bonds. The number of aromatic hydroxyl groups is 3. The zero-order valence-corrected chi connectivity index (χ0v) is 10.5. The van der Waals surface area contributed by atoms with Crippen molar-refractivity contribution in [3.8, 4) is 17.2 Å². The van der Waals surface area contributed by atoms with Crippen LogP contribution in [0, 0.1) is 6.92 Å². The minimum atomic E-state index is -0.100. The Labute approximate surface area is 110 Å². The van der Waals surface area contributed by atoms with E-state index in [0.29, 0.717) is 5.69 Å². The van der Waals surface area contributed by atoms with Gasteiger partial charge in [-0.1, -0.05) is 17.7 Å². The molecule has 0 unspecified atom stereocenters. The van der Waals surface area contributed by atoms with E-state index in [1.54, 1.807) is 12.1 Å². The second-order valence-electron chi connectivity index (χ2n) is 3.68. The first kappa shape index (κ1) is 14.0. The smallest absolute Gasteiger partial charge is 0.137 e. The Morgan fingerprint density at radius 3 is 2.06 bits per heavy atom. The predicted octanol–water partition coefficient (Wildman–Crippen LogP) is 3.03. The lowest BCUT2D eigenvalue weighted by Gasteiger charge is -1.97. The van der Waals surface area contributed by atoms with Gasteiger partial charge in [0.1, 0.15) is 17.2 Å². The van der Waals surface area contributed by atoms with Gasteiger partial charge in [0, 0.05) is 17.8 Å². The molecule has 0 aliphatic carbocycles.